The number of carbonyl (C=O) groups is 1. The second kappa shape index (κ2) is 12.2. The smallest absolute Gasteiger partial charge is 0.420 e. The van der Waals surface area contributed by atoms with Crippen molar-refractivity contribution in [2.24, 2.45) is 7.05 Å². The van der Waals surface area contributed by atoms with E-state index in [1.807, 2.05) is 0 Å². The monoisotopic (exact) mass is 614 g/mol. The van der Waals surface area contributed by atoms with Crippen molar-refractivity contribution in [1.82, 2.24) is 14.3 Å². The van der Waals surface area contributed by atoms with E-state index < -0.39 is 64.2 Å². The summed E-state index contributed by atoms with van der Waals surface area (Å²) in [4.78, 5) is 30.7. The Hall–Kier alpha value is -4.86. The normalized spacial score (nSPS) is 11.6. The van der Waals surface area contributed by atoms with Gasteiger partial charge in [0.05, 0.1) is 25.0 Å². The van der Waals surface area contributed by atoms with E-state index in [0.29, 0.717) is 15.4 Å². The van der Waals surface area contributed by atoms with Crippen molar-refractivity contribution in [3.05, 3.63) is 87.3 Å². The number of amides is 1. The largest absolute Gasteiger partial charge is 0.497 e. The molecule has 0 spiro atoms. The van der Waals surface area contributed by atoms with Gasteiger partial charge in [0, 0.05) is 31.9 Å². The summed E-state index contributed by atoms with van der Waals surface area (Å²) in [6.07, 6.45) is -5.03. The van der Waals surface area contributed by atoms with E-state index in [4.69, 9.17) is 9.47 Å². The summed E-state index contributed by atoms with van der Waals surface area (Å²) in [7, 11) is 3.44. The average molecular weight is 614 g/mol. The quantitative estimate of drug-likeness (QED) is 0.249. The molecular formula is C27H21F7N4O5. The van der Waals surface area contributed by atoms with Gasteiger partial charge in [0.1, 0.15) is 40.1 Å². The van der Waals surface area contributed by atoms with E-state index in [0.717, 1.165) is 56.6 Å². The average Bonchev–Trinajstić information content (AvgIpc) is 3.16. The molecule has 0 saturated carbocycles. The summed E-state index contributed by atoms with van der Waals surface area (Å²) >= 11 is 0. The lowest BCUT2D eigenvalue weighted by molar-refractivity contribution is -0.137. The Balaban J connectivity index is 1.97. The van der Waals surface area contributed by atoms with Gasteiger partial charge in [0.25, 0.3) is 11.5 Å². The van der Waals surface area contributed by atoms with Crippen molar-refractivity contribution in [3.8, 4) is 28.6 Å². The molecule has 0 aliphatic heterocycles. The summed E-state index contributed by atoms with van der Waals surface area (Å²) in [5.74, 6) is -5.10. The topological polar surface area (TPSA) is 96.6 Å². The first-order valence-corrected chi connectivity index (χ1v) is 12.0. The number of hydrogen-bond acceptors (Lipinski definition) is 6. The maximum absolute atomic E-state index is 15.3. The fraction of sp³-hybridized carbons (Fsp3) is 0.222. The van der Waals surface area contributed by atoms with Gasteiger partial charge in [-0.2, -0.15) is 26.6 Å². The van der Waals surface area contributed by atoms with Crippen LogP contribution in [-0.4, -0.2) is 41.1 Å². The molecule has 2 heterocycles. The second-order valence-corrected chi connectivity index (χ2v) is 8.79. The lowest BCUT2D eigenvalue weighted by atomic mass is 10.1. The van der Waals surface area contributed by atoms with Crippen LogP contribution in [0.15, 0.2) is 53.3 Å². The van der Waals surface area contributed by atoms with Gasteiger partial charge in [0.2, 0.25) is 0 Å². The predicted molar refractivity (Wildman–Crippen MR) is 137 cm³/mol. The number of carbonyl (C=O) groups excluding carboxylic acids is 1. The molecular weight excluding hydrogens is 593 g/mol. The summed E-state index contributed by atoms with van der Waals surface area (Å²) in [5.41, 5.74) is -5.27. The molecule has 2 aromatic carbocycles. The van der Waals surface area contributed by atoms with E-state index in [1.54, 1.807) is 0 Å². The van der Waals surface area contributed by atoms with Gasteiger partial charge in [-0.05, 0) is 36.4 Å². The van der Waals surface area contributed by atoms with Crippen LogP contribution in [0.5, 0.6) is 11.5 Å². The summed E-state index contributed by atoms with van der Waals surface area (Å²) in [5, 5.41) is 2.19. The van der Waals surface area contributed by atoms with Crippen molar-refractivity contribution in [2.45, 2.75) is 19.4 Å². The molecule has 0 bridgehead atoms. The number of aromatic nitrogens is 3. The molecule has 4 aromatic rings. The van der Waals surface area contributed by atoms with Gasteiger partial charge in [-0.3, -0.25) is 14.3 Å². The Kier molecular flexibility index (Phi) is 8.80. The van der Waals surface area contributed by atoms with Gasteiger partial charge in [-0.1, -0.05) is 0 Å². The van der Waals surface area contributed by atoms with E-state index in [9.17, 15) is 31.5 Å². The van der Waals surface area contributed by atoms with E-state index in [-0.39, 0.29) is 29.4 Å². The van der Waals surface area contributed by atoms with E-state index in [2.05, 4.69) is 15.0 Å². The van der Waals surface area contributed by atoms with Crippen LogP contribution in [0.25, 0.3) is 17.1 Å². The molecule has 0 unspecified atom stereocenters. The number of alkyl halides is 5. The number of nitrogens with one attached hydrogen (secondary N) is 1. The summed E-state index contributed by atoms with van der Waals surface area (Å²) in [6, 6.07) is 7.38. The Morgan fingerprint density at radius 1 is 1.00 bits per heavy atom. The third-order valence-electron chi connectivity index (χ3n) is 6.07. The van der Waals surface area contributed by atoms with Crippen molar-refractivity contribution in [1.29, 1.82) is 0 Å². The van der Waals surface area contributed by atoms with Gasteiger partial charge < -0.3 is 19.5 Å². The minimum Gasteiger partial charge on any atom is -0.497 e. The van der Waals surface area contributed by atoms with Crippen LogP contribution in [-0.2, 0) is 24.6 Å². The number of ether oxygens (including phenoxy) is 3. The van der Waals surface area contributed by atoms with Gasteiger partial charge >= 0.3 is 12.8 Å². The van der Waals surface area contributed by atoms with Crippen LogP contribution in [0.4, 0.5) is 36.4 Å². The Morgan fingerprint density at radius 3 is 2.16 bits per heavy atom. The van der Waals surface area contributed by atoms with Crippen LogP contribution in [0, 0.1) is 11.6 Å². The number of methoxy groups -OCH3 is 2. The Labute approximate surface area is 238 Å². The zero-order valence-corrected chi connectivity index (χ0v) is 22.4. The molecule has 0 atom stereocenters. The molecule has 1 amide bonds. The standard InChI is InChI=1S/C27H21F7N4O5/c1-37-22(20-18(28)10-16(42-3)11-19(20)29)21(36-24(39)13-4-7-15(8-5-13)43-26(30)31)25(40)38(37)23-17(27(32,33)34)9-6-14(35-23)12-41-2/h4-11,26H,12H2,1-3H3,(H,36,39). The molecule has 0 saturated heterocycles. The molecule has 43 heavy (non-hydrogen) atoms. The number of rotatable bonds is 9. The van der Waals surface area contributed by atoms with E-state index in [1.165, 1.54) is 7.11 Å². The molecule has 1 N–H and O–H groups in total. The van der Waals surface area contributed by atoms with Gasteiger partial charge in [0.15, 0.2) is 5.82 Å². The molecule has 0 radical (unpaired) electrons. The van der Waals surface area contributed by atoms with Crippen molar-refractivity contribution in [3.63, 3.8) is 0 Å². The van der Waals surface area contributed by atoms with Crippen LogP contribution >= 0.6 is 0 Å². The molecule has 4 rings (SSSR count). The number of benzene rings is 2. The summed E-state index contributed by atoms with van der Waals surface area (Å²) in [6.45, 7) is -3.38. The van der Waals surface area contributed by atoms with Crippen molar-refractivity contribution < 1.29 is 49.7 Å². The number of nitrogens with zero attached hydrogens (tertiary/aromatic N) is 3. The van der Waals surface area contributed by atoms with Gasteiger partial charge in [-0.15, -0.1) is 0 Å². The highest BCUT2D eigenvalue weighted by Gasteiger charge is 2.37. The minimum absolute atomic E-state index is 0.0151. The zero-order valence-electron chi connectivity index (χ0n) is 22.4. The molecule has 16 heteroatoms. The lowest BCUT2D eigenvalue weighted by Gasteiger charge is -2.16. The molecule has 2 aromatic heterocycles. The van der Waals surface area contributed by atoms with E-state index >= 15 is 8.78 Å². The third-order valence-corrected chi connectivity index (χ3v) is 6.07. The molecule has 0 aliphatic rings. The highest BCUT2D eigenvalue weighted by Crippen LogP contribution is 2.37. The molecule has 0 aliphatic carbocycles. The summed E-state index contributed by atoms with van der Waals surface area (Å²) < 4.78 is 113. The van der Waals surface area contributed by atoms with Crippen molar-refractivity contribution in [2.75, 3.05) is 19.5 Å². The van der Waals surface area contributed by atoms with Crippen LogP contribution in [0.3, 0.4) is 0 Å². The third kappa shape index (κ3) is 6.33. The Morgan fingerprint density at radius 2 is 1.63 bits per heavy atom. The minimum atomic E-state index is -5.03. The molecule has 0 fully saturated rings. The lowest BCUT2D eigenvalue weighted by Crippen LogP contribution is -2.26. The molecule has 9 nitrogen and oxygen atoms in total. The first-order valence-electron chi connectivity index (χ1n) is 12.0. The van der Waals surface area contributed by atoms with Crippen LogP contribution < -0.4 is 20.3 Å². The first-order chi connectivity index (χ1) is 20.3. The van der Waals surface area contributed by atoms with Crippen LogP contribution in [0.1, 0.15) is 21.6 Å². The second-order valence-electron chi connectivity index (χ2n) is 8.79. The first kappa shape index (κ1) is 31.1. The van der Waals surface area contributed by atoms with Crippen molar-refractivity contribution >= 4 is 11.6 Å². The SMILES string of the molecule is COCc1ccc(C(F)(F)F)c(-n2c(=O)c(NC(=O)c3ccc(OC(F)F)cc3)c(-c3c(F)cc(OC)cc3F)n2C)n1. The fourth-order valence-electron chi connectivity index (χ4n) is 4.21. The Bertz CT molecular complexity index is 1690. The fourth-order valence-corrected chi connectivity index (χ4v) is 4.21. The maximum Gasteiger partial charge on any atom is 0.420 e. The van der Waals surface area contributed by atoms with Gasteiger partial charge in [-0.25, -0.2) is 13.8 Å². The highest BCUT2D eigenvalue weighted by molar-refractivity contribution is 6.06. The number of pyridine rings is 1. The maximum atomic E-state index is 15.3. The zero-order chi connectivity index (χ0) is 31.6. The molecule has 228 valence electrons. The number of anilines is 1. The number of hydrogen-bond donors (Lipinski definition) is 1. The predicted octanol–water partition coefficient (Wildman–Crippen LogP) is 5.54. The highest BCUT2D eigenvalue weighted by atomic mass is 19.4. The number of halogens is 7. The van der Waals surface area contributed by atoms with Crippen LogP contribution in [0.2, 0.25) is 0 Å².